The van der Waals surface area contributed by atoms with Crippen LogP contribution in [0.1, 0.15) is 19.3 Å². The number of likely N-dealkylation sites (tertiary alicyclic amines) is 1. The Bertz CT molecular complexity index is 559. The Hall–Kier alpha value is -2.24. The largest absolute Gasteiger partial charge is 0.485 e. The van der Waals surface area contributed by atoms with Gasteiger partial charge in [-0.3, -0.25) is 4.79 Å². The highest BCUT2D eigenvalue weighted by molar-refractivity contribution is 5.87. The fraction of sp³-hybridized carbons (Fsp3) is 0.467. The van der Waals surface area contributed by atoms with Crippen LogP contribution in [-0.2, 0) is 9.59 Å². The van der Waals surface area contributed by atoms with Gasteiger partial charge in [0.15, 0.2) is 11.5 Å². The van der Waals surface area contributed by atoms with E-state index in [2.05, 4.69) is 0 Å². The first-order valence-corrected chi connectivity index (χ1v) is 7.08. The summed E-state index contributed by atoms with van der Waals surface area (Å²) in [6.07, 6.45) is 1.36. The van der Waals surface area contributed by atoms with E-state index in [4.69, 9.17) is 9.47 Å². The number of para-hydroxylation sites is 2. The summed E-state index contributed by atoms with van der Waals surface area (Å²) in [5.74, 6) is -0.141. The Kier molecular flexibility index (Phi) is 3.68. The molecule has 0 spiro atoms. The van der Waals surface area contributed by atoms with Crippen LogP contribution in [0.3, 0.4) is 0 Å². The van der Waals surface area contributed by atoms with Crippen molar-refractivity contribution in [2.75, 3.05) is 13.2 Å². The van der Waals surface area contributed by atoms with Crippen molar-refractivity contribution in [2.45, 2.75) is 31.4 Å². The minimum atomic E-state index is -0.958. The molecule has 0 unspecified atom stereocenters. The minimum Gasteiger partial charge on any atom is -0.485 e. The van der Waals surface area contributed by atoms with Gasteiger partial charge in [-0.05, 0) is 31.4 Å². The van der Waals surface area contributed by atoms with Crippen molar-refractivity contribution in [1.82, 2.24) is 4.90 Å². The van der Waals surface area contributed by atoms with Gasteiger partial charge in [0, 0.05) is 6.54 Å². The second kappa shape index (κ2) is 5.63. The first kappa shape index (κ1) is 13.7. The number of amides is 1. The highest BCUT2D eigenvalue weighted by Gasteiger charge is 2.38. The molecule has 2 aliphatic rings. The molecular formula is C15H17NO5. The second-order valence-corrected chi connectivity index (χ2v) is 5.25. The molecule has 2 heterocycles. The molecule has 6 nitrogen and oxygen atoms in total. The van der Waals surface area contributed by atoms with Crippen LogP contribution in [0.5, 0.6) is 11.5 Å². The van der Waals surface area contributed by atoms with Crippen molar-refractivity contribution in [3.63, 3.8) is 0 Å². The summed E-state index contributed by atoms with van der Waals surface area (Å²) >= 11 is 0. The second-order valence-electron chi connectivity index (χ2n) is 5.25. The van der Waals surface area contributed by atoms with Crippen molar-refractivity contribution < 1.29 is 24.2 Å². The van der Waals surface area contributed by atoms with E-state index in [-0.39, 0.29) is 12.5 Å². The summed E-state index contributed by atoms with van der Waals surface area (Å²) in [7, 11) is 0. The number of carbonyl (C=O) groups excluding carboxylic acids is 1. The van der Waals surface area contributed by atoms with Crippen molar-refractivity contribution in [2.24, 2.45) is 0 Å². The van der Waals surface area contributed by atoms with Crippen molar-refractivity contribution in [3.8, 4) is 11.5 Å². The van der Waals surface area contributed by atoms with Crippen LogP contribution in [0.15, 0.2) is 24.3 Å². The molecule has 0 aromatic heterocycles. The van der Waals surface area contributed by atoms with E-state index in [0.717, 1.165) is 12.8 Å². The van der Waals surface area contributed by atoms with E-state index >= 15 is 0 Å². The molecular weight excluding hydrogens is 274 g/mol. The van der Waals surface area contributed by atoms with Crippen molar-refractivity contribution in [3.05, 3.63) is 24.3 Å². The van der Waals surface area contributed by atoms with Gasteiger partial charge >= 0.3 is 5.97 Å². The van der Waals surface area contributed by atoms with E-state index in [0.29, 0.717) is 24.5 Å². The third-order valence-corrected chi connectivity index (χ3v) is 3.85. The van der Waals surface area contributed by atoms with E-state index in [1.54, 1.807) is 18.2 Å². The van der Waals surface area contributed by atoms with Crippen LogP contribution in [0.2, 0.25) is 0 Å². The number of benzene rings is 1. The lowest BCUT2D eigenvalue weighted by Gasteiger charge is -2.36. The van der Waals surface area contributed by atoms with Gasteiger partial charge in [0.2, 0.25) is 6.10 Å². The highest BCUT2D eigenvalue weighted by atomic mass is 16.6. The topological polar surface area (TPSA) is 76.1 Å². The normalized spacial score (nSPS) is 24.5. The molecule has 0 aliphatic carbocycles. The molecule has 2 atom stereocenters. The average Bonchev–Trinajstić information content (AvgIpc) is 2.53. The van der Waals surface area contributed by atoms with E-state index in [1.165, 1.54) is 4.90 Å². The van der Waals surface area contributed by atoms with E-state index in [9.17, 15) is 14.7 Å². The molecule has 6 heteroatoms. The van der Waals surface area contributed by atoms with Gasteiger partial charge < -0.3 is 19.5 Å². The number of carbonyl (C=O) groups is 2. The molecule has 21 heavy (non-hydrogen) atoms. The third kappa shape index (κ3) is 2.66. The molecule has 0 saturated carbocycles. The lowest BCUT2D eigenvalue weighted by molar-refractivity contribution is -0.156. The molecule has 1 aromatic carbocycles. The molecule has 112 valence electrons. The number of piperidine rings is 1. The summed E-state index contributed by atoms with van der Waals surface area (Å²) in [5, 5.41) is 9.25. The number of carboxylic acids is 1. The number of fused-ring (bicyclic) bond motifs is 1. The Morgan fingerprint density at radius 2 is 1.95 bits per heavy atom. The number of rotatable bonds is 2. The highest BCUT2D eigenvalue weighted by Crippen LogP contribution is 2.32. The maximum Gasteiger partial charge on any atom is 0.326 e. The van der Waals surface area contributed by atoms with Crippen LogP contribution >= 0.6 is 0 Å². The number of ether oxygens (including phenoxy) is 2. The van der Waals surface area contributed by atoms with Crippen LogP contribution in [-0.4, -0.2) is 47.2 Å². The Morgan fingerprint density at radius 3 is 2.71 bits per heavy atom. The number of nitrogens with zero attached hydrogens (tertiary/aromatic N) is 1. The summed E-state index contributed by atoms with van der Waals surface area (Å²) in [6.45, 7) is 0.565. The van der Waals surface area contributed by atoms with Crippen LogP contribution in [0.4, 0.5) is 0 Å². The molecule has 1 aromatic rings. The predicted octanol–water partition coefficient (Wildman–Crippen LogP) is 1.29. The lowest BCUT2D eigenvalue weighted by Crippen LogP contribution is -2.54. The molecule has 1 fully saturated rings. The fourth-order valence-corrected chi connectivity index (χ4v) is 2.78. The summed E-state index contributed by atoms with van der Waals surface area (Å²) < 4.78 is 11.2. The van der Waals surface area contributed by atoms with Gasteiger partial charge in [0.05, 0.1) is 0 Å². The molecule has 1 amide bonds. The minimum absolute atomic E-state index is 0.110. The molecule has 1 N–H and O–H groups in total. The number of aliphatic carboxylic acids is 1. The third-order valence-electron chi connectivity index (χ3n) is 3.85. The zero-order valence-corrected chi connectivity index (χ0v) is 11.5. The average molecular weight is 291 g/mol. The maximum atomic E-state index is 12.5. The fourth-order valence-electron chi connectivity index (χ4n) is 2.78. The number of carboxylic acid groups (broad SMARTS) is 1. The zero-order chi connectivity index (χ0) is 14.8. The van der Waals surface area contributed by atoms with Gasteiger partial charge in [-0.2, -0.15) is 0 Å². The first-order valence-electron chi connectivity index (χ1n) is 7.08. The molecule has 0 bridgehead atoms. The predicted molar refractivity (Wildman–Crippen MR) is 73.3 cm³/mol. The van der Waals surface area contributed by atoms with E-state index in [1.807, 2.05) is 6.07 Å². The van der Waals surface area contributed by atoms with Crippen LogP contribution < -0.4 is 9.47 Å². The molecule has 0 radical (unpaired) electrons. The van der Waals surface area contributed by atoms with Gasteiger partial charge in [0.25, 0.3) is 5.91 Å². The number of hydrogen-bond donors (Lipinski definition) is 1. The monoisotopic (exact) mass is 291 g/mol. The molecule has 3 rings (SSSR count). The van der Waals surface area contributed by atoms with Gasteiger partial charge in [-0.1, -0.05) is 12.1 Å². The Morgan fingerprint density at radius 1 is 1.19 bits per heavy atom. The van der Waals surface area contributed by atoms with Gasteiger partial charge in [-0.25, -0.2) is 4.79 Å². The summed E-state index contributed by atoms with van der Waals surface area (Å²) in [4.78, 5) is 25.2. The van der Waals surface area contributed by atoms with Crippen molar-refractivity contribution in [1.29, 1.82) is 0 Å². The standard InChI is InChI=1S/C15H17NO5/c17-14(16-8-4-3-5-10(16)15(18)19)13-9-20-11-6-1-2-7-12(11)21-13/h1-2,6-7,10,13H,3-5,8-9H2,(H,18,19)/t10-,13-/m0/s1. The van der Waals surface area contributed by atoms with Crippen LogP contribution in [0.25, 0.3) is 0 Å². The van der Waals surface area contributed by atoms with E-state index < -0.39 is 18.1 Å². The first-order chi connectivity index (χ1) is 10.2. The van der Waals surface area contributed by atoms with Gasteiger partial charge in [-0.15, -0.1) is 0 Å². The quantitative estimate of drug-likeness (QED) is 0.888. The van der Waals surface area contributed by atoms with Gasteiger partial charge in [0.1, 0.15) is 12.6 Å². The number of hydrogen-bond acceptors (Lipinski definition) is 4. The molecule has 2 aliphatic heterocycles. The Labute approximate surface area is 122 Å². The van der Waals surface area contributed by atoms with Crippen LogP contribution in [0, 0.1) is 0 Å². The zero-order valence-electron chi connectivity index (χ0n) is 11.5. The lowest BCUT2D eigenvalue weighted by atomic mass is 10.0. The Balaban J connectivity index is 1.75. The SMILES string of the molecule is O=C(O)[C@@H]1CCCCN1C(=O)[C@@H]1COc2ccccc2O1. The molecule has 1 saturated heterocycles. The summed E-state index contributed by atoms with van der Waals surface area (Å²) in [5.41, 5.74) is 0. The summed E-state index contributed by atoms with van der Waals surface area (Å²) in [6, 6.07) is 6.38. The van der Waals surface area contributed by atoms with Crippen molar-refractivity contribution >= 4 is 11.9 Å². The smallest absolute Gasteiger partial charge is 0.326 e. The maximum absolute atomic E-state index is 12.5.